The Balaban J connectivity index is 5.55. The molecular weight excluding hydrogens is 263 g/mol. The minimum atomic E-state index is -6.83. The highest BCUT2D eigenvalue weighted by atomic mass is 32.3. The van der Waals surface area contributed by atoms with Crippen LogP contribution in [0.25, 0.3) is 0 Å². The zero-order valence-electron chi connectivity index (χ0n) is 8.01. The van der Waals surface area contributed by atoms with Gasteiger partial charge in [-0.25, -0.2) is 9.18 Å². The standard InChI is InChI=1S/C6H7F5O4S/c1-3(2)15-4(12)5(7,6(8,9)10)16(11,13)14/h3H,1-2H3/t5-/m1/s1. The Hall–Kier alpha value is -0.930. The van der Waals surface area contributed by atoms with E-state index in [4.69, 9.17) is 0 Å². The monoisotopic (exact) mass is 270 g/mol. The Morgan fingerprint density at radius 3 is 1.75 bits per heavy atom. The van der Waals surface area contributed by atoms with Gasteiger partial charge in [0.25, 0.3) is 0 Å². The molecule has 0 aromatic heterocycles. The van der Waals surface area contributed by atoms with E-state index in [1.54, 1.807) is 0 Å². The fraction of sp³-hybridized carbons (Fsp3) is 0.833. The van der Waals surface area contributed by atoms with Crippen LogP contribution in [0.15, 0.2) is 0 Å². The molecule has 4 nitrogen and oxygen atoms in total. The zero-order valence-corrected chi connectivity index (χ0v) is 8.82. The molecule has 96 valence electrons. The molecule has 0 radical (unpaired) electrons. The van der Waals surface area contributed by atoms with E-state index >= 15 is 0 Å². The summed E-state index contributed by atoms with van der Waals surface area (Å²) in [5.74, 6) is -2.85. The van der Waals surface area contributed by atoms with Gasteiger partial charge in [0.15, 0.2) is 0 Å². The van der Waals surface area contributed by atoms with Crippen molar-refractivity contribution in [3.8, 4) is 0 Å². The summed E-state index contributed by atoms with van der Waals surface area (Å²) in [6.45, 7) is 2.08. The van der Waals surface area contributed by atoms with Gasteiger partial charge in [-0.2, -0.15) is 21.6 Å². The summed E-state index contributed by atoms with van der Waals surface area (Å²) in [7, 11) is -6.83. The van der Waals surface area contributed by atoms with Crippen LogP contribution < -0.4 is 0 Å². The molecule has 0 spiro atoms. The van der Waals surface area contributed by atoms with E-state index < -0.39 is 33.5 Å². The molecule has 0 saturated heterocycles. The van der Waals surface area contributed by atoms with Gasteiger partial charge >= 0.3 is 27.4 Å². The van der Waals surface area contributed by atoms with Crippen molar-refractivity contribution >= 4 is 16.2 Å². The van der Waals surface area contributed by atoms with Crippen molar-refractivity contribution < 1.29 is 39.4 Å². The van der Waals surface area contributed by atoms with Crippen molar-refractivity contribution in [2.24, 2.45) is 0 Å². The lowest BCUT2D eigenvalue weighted by molar-refractivity contribution is -0.216. The predicted octanol–water partition coefficient (Wildman–Crippen LogP) is 1.47. The second kappa shape index (κ2) is 4.15. The summed E-state index contributed by atoms with van der Waals surface area (Å²) in [5.41, 5.74) is 0. The first-order valence-electron chi connectivity index (χ1n) is 3.75. The molecule has 0 aliphatic heterocycles. The van der Waals surface area contributed by atoms with E-state index in [1.807, 2.05) is 0 Å². The SMILES string of the molecule is CC(C)OC(=O)[C@](F)(C(F)(F)F)S(=O)(=O)F. The van der Waals surface area contributed by atoms with Gasteiger partial charge in [0.1, 0.15) is 0 Å². The van der Waals surface area contributed by atoms with Gasteiger partial charge in [-0.3, -0.25) is 0 Å². The number of hydrogen-bond acceptors (Lipinski definition) is 4. The normalized spacial score (nSPS) is 17.0. The van der Waals surface area contributed by atoms with E-state index in [2.05, 4.69) is 4.74 Å². The number of halogens is 5. The van der Waals surface area contributed by atoms with Crippen LogP contribution in [0.4, 0.5) is 21.4 Å². The van der Waals surface area contributed by atoms with E-state index in [0.717, 1.165) is 13.8 Å². The average molecular weight is 270 g/mol. The highest BCUT2D eigenvalue weighted by Crippen LogP contribution is 2.40. The molecule has 0 N–H and O–H groups in total. The molecule has 10 heteroatoms. The van der Waals surface area contributed by atoms with Crippen molar-refractivity contribution in [3.05, 3.63) is 0 Å². The Morgan fingerprint density at radius 2 is 1.56 bits per heavy atom. The van der Waals surface area contributed by atoms with Crippen molar-refractivity contribution in [2.75, 3.05) is 0 Å². The van der Waals surface area contributed by atoms with Gasteiger partial charge in [0, 0.05) is 0 Å². The summed E-state index contributed by atoms with van der Waals surface area (Å²) in [6, 6.07) is 0. The number of alkyl halides is 4. The number of ether oxygens (including phenoxy) is 1. The van der Waals surface area contributed by atoms with E-state index in [9.17, 15) is 34.7 Å². The number of carbonyl (C=O) groups excluding carboxylic acids is 1. The maximum atomic E-state index is 13.0. The summed E-state index contributed by atoms with van der Waals surface area (Å²) in [5, 5.41) is -5.69. The molecule has 0 heterocycles. The highest BCUT2D eigenvalue weighted by molar-refractivity contribution is 7.88. The van der Waals surface area contributed by atoms with Crippen molar-refractivity contribution in [2.45, 2.75) is 31.1 Å². The molecule has 0 fully saturated rings. The average Bonchev–Trinajstić information content (AvgIpc) is 1.96. The third kappa shape index (κ3) is 2.60. The van der Waals surface area contributed by atoms with Crippen LogP contribution in [0.2, 0.25) is 0 Å². The first-order valence-corrected chi connectivity index (χ1v) is 5.13. The van der Waals surface area contributed by atoms with Crippen LogP contribution in [-0.2, 0) is 19.8 Å². The molecule has 16 heavy (non-hydrogen) atoms. The Labute approximate surface area is 87.6 Å². The van der Waals surface area contributed by atoms with Gasteiger partial charge in [0.2, 0.25) is 0 Å². The highest BCUT2D eigenvalue weighted by Gasteiger charge is 2.73. The number of carbonyl (C=O) groups is 1. The van der Waals surface area contributed by atoms with Crippen LogP contribution >= 0.6 is 0 Å². The van der Waals surface area contributed by atoms with Gasteiger partial charge in [-0.1, -0.05) is 0 Å². The molecular formula is C6H7F5O4S. The molecule has 0 rings (SSSR count). The third-order valence-electron chi connectivity index (χ3n) is 1.31. The maximum absolute atomic E-state index is 13.0. The second-order valence-corrected chi connectivity index (χ2v) is 4.42. The fourth-order valence-corrected chi connectivity index (χ4v) is 1.17. The molecule has 0 unspecified atom stereocenters. The predicted molar refractivity (Wildman–Crippen MR) is 41.1 cm³/mol. The molecule has 0 aromatic rings. The Bertz CT molecular complexity index is 373. The second-order valence-electron chi connectivity index (χ2n) is 2.98. The van der Waals surface area contributed by atoms with Crippen LogP contribution in [0.5, 0.6) is 0 Å². The third-order valence-corrected chi connectivity index (χ3v) is 2.38. The molecule has 0 aliphatic carbocycles. The molecule has 0 amide bonds. The van der Waals surface area contributed by atoms with Gasteiger partial charge in [-0.05, 0) is 13.8 Å². The van der Waals surface area contributed by atoms with Crippen LogP contribution in [0.3, 0.4) is 0 Å². The van der Waals surface area contributed by atoms with Gasteiger partial charge in [0.05, 0.1) is 6.10 Å². The molecule has 0 aromatic carbocycles. The zero-order chi connectivity index (χ0) is 13.4. The molecule has 1 atom stereocenters. The molecule has 0 saturated carbocycles. The topological polar surface area (TPSA) is 60.4 Å². The first kappa shape index (κ1) is 15.1. The summed E-state index contributed by atoms with van der Waals surface area (Å²) < 4.78 is 85.1. The molecule has 0 aliphatic rings. The number of rotatable bonds is 3. The minimum Gasteiger partial charge on any atom is -0.459 e. The van der Waals surface area contributed by atoms with E-state index in [1.165, 1.54) is 0 Å². The van der Waals surface area contributed by atoms with Crippen molar-refractivity contribution in [1.82, 2.24) is 0 Å². The largest absolute Gasteiger partial charge is 0.459 e. The van der Waals surface area contributed by atoms with Crippen LogP contribution in [0.1, 0.15) is 13.8 Å². The lowest BCUT2D eigenvalue weighted by atomic mass is 10.3. The smallest absolute Gasteiger partial charge is 0.451 e. The summed E-state index contributed by atoms with van der Waals surface area (Å²) in [4.78, 5) is 10.6. The first-order chi connectivity index (χ1) is 6.84. The number of hydrogen-bond donors (Lipinski definition) is 0. The molecule has 0 bridgehead atoms. The van der Waals surface area contributed by atoms with Crippen molar-refractivity contribution in [1.29, 1.82) is 0 Å². The quantitative estimate of drug-likeness (QED) is 0.442. The fourth-order valence-electron chi connectivity index (χ4n) is 0.643. The van der Waals surface area contributed by atoms with Gasteiger partial charge in [-0.15, -0.1) is 3.89 Å². The lowest BCUT2D eigenvalue weighted by Crippen LogP contribution is -2.54. The van der Waals surface area contributed by atoms with E-state index in [0.29, 0.717) is 0 Å². The minimum absolute atomic E-state index is 1.04. The Kier molecular flexibility index (Phi) is 3.91. The number of esters is 1. The Morgan fingerprint density at radius 1 is 1.19 bits per heavy atom. The summed E-state index contributed by atoms with van der Waals surface area (Å²) in [6.07, 6.45) is -7.49. The maximum Gasteiger partial charge on any atom is 0.451 e. The van der Waals surface area contributed by atoms with Crippen molar-refractivity contribution in [3.63, 3.8) is 0 Å². The van der Waals surface area contributed by atoms with E-state index in [-0.39, 0.29) is 0 Å². The lowest BCUT2D eigenvalue weighted by Gasteiger charge is -2.22. The van der Waals surface area contributed by atoms with Crippen LogP contribution in [0, 0.1) is 0 Å². The van der Waals surface area contributed by atoms with Gasteiger partial charge < -0.3 is 4.74 Å². The van der Waals surface area contributed by atoms with Crippen LogP contribution in [-0.4, -0.2) is 31.7 Å². The summed E-state index contributed by atoms with van der Waals surface area (Å²) >= 11 is 0.